The number of aromatic nitrogens is 9. The number of fused-ring (bicyclic) bond motifs is 6. The number of para-hydroxylation sites is 4. The normalized spacial score (nSPS) is 10.0. The number of benzene rings is 4. The second-order valence-electron chi connectivity index (χ2n) is 23.8. The number of hydrogen-bond donors (Lipinski definition) is 0. The van der Waals surface area contributed by atoms with Crippen LogP contribution in [0, 0.1) is 35.5 Å². The molecule has 9 heteroatoms. The molecule has 0 bridgehead atoms. The smallest absolute Gasteiger partial charge is 0.116 e. The Labute approximate surface area is 537 Å². The van der Waals surface area contributed by atoms with E-state index in [1.165, 1.54) is 46.7 Å². The van der Waals surface area contributed by atoms with Crippen LogP contribution in [0.1, 0.15) is 178 Å². The predicted molar refractivity (Wildman–Crippen MR) is 393 cm³/mol. The van der Waals surface area contributed by atoms with Crippen LogP contribution in [-0.4, -0.2) is 44.9 Å². The highest BCUT2D eigenvalue weighted by Gasteiger charge is 2.08. The zero-order valence-corrected chi connectivity index (χ0v) is 54.5. The van der Waals surface area contributed by atoms with Crippen LogP contribution in [0.25, 0.3) is 54.6 Å². The van der Waals surface area contributed by atoms with Gasteiger partial charge in [-0.05, 0) is 133 Å². The topological polar surface area (TPSA) is 116 Å². The van der Waals surface area contributed by atoms with Crippen LogP contribution in [0.2, 0.25) is 0 Å². The van der Waals surface area contributed by atoms with Crippen LogP contribution in [0.3, 0.4) is 0 Å². The fraction of sp³-hybridized carbons (Fsp3) is 0.405. The molecule has 4 aromatic carbocycles. The maximum atomic E-state index is 4.21. The van der Waals surface area contributed by atoms with Gasteiger partial charge >= 0.3 is 0 Å². The number of nitrogens with zero attached hydrogens (tertiary/aromatic N) is 9. The van der Waals surface area contributed by atoms with Crippen molar-refractivity contribution in [3.8, 4) is 0 Å². The molecule has 11 aromatic rings. The fourth-order valence-electron chi connectivity index (χ4n) is 6.30. The van der Waals surface area contributed by atoms with Gasteiger partial charge in [-0.1, -0.05) is 245 Å². The van der Waals surface area contributed by atoms with Crippen molar-refractivity contribution >= 4 is 54.6 Å². The predicted octanol–water partition coefficient (Wildman–Crippen LogP) is 23.8. The van der Waals surface area contributed by atoms with Crippen molar-refractivity contribution < 1.29 is 0 Å². The summed E-state index contributed by atoms with van der Waals surface area (Å²) in [5.41, 5.74) is 8.70. The van der Waals surface area contributed by atoms with Crippen molar-refractivity contribution in [3.05, 3.63) is 225 Å². The van der Waals surface area contributed by atoms with Gasteiger partial charge in [-0.3, -0.25) is 24.9 Å². The van der Waals surface area contributed by atoms with Crippen LogP contribution in [0.15, 0.2) is 214 Å². The summed E-state index contributed by atoms with van der Waals surface area (Å²) in [6.45, 7) is 39.0. The molecular formula is C79H119N9. The monoisotopic (exact) mass is 1190 g/mol. The Bertz CT molecular complexity index is 2490. The minimum Gasteiger partial charge on any atom is -0.256 e. The molecule has 1 aliphatic rings. The maximum absolute atomic E-state index is 4.21. The fourth-order valence-corrected chi connectivity index (χ4v) is 6.30. The first-order valence-corrected chi connectivity index (χ1v) is 30.2. The lowest BCUT2D eigenvalue weighted by atomic mass is 9.98. The van der Waals surface area contributed by atoms with Gasteiger partial charge in [0.05, 0.1) is 33.1 Å². The van der Waals surface area contributed by atoms with Crippen LogP contribution in [-0.2, 0) is 12.8 Å². The van der Waals surface area contributed by atoms with E-state index in [0.717, 1.165) is 80.4 Å². The number of hydrogen-bond acceptors (Lipinski definition) is 9. The summed E-state index contributed by atoms with van der Waals surface area (Å²) in [5.74, 6) is 5.00. The van der Waals surface area contributed by atoms with Crippen molar-refractivity contribution in [1.29, 1.82) is 0 Å². The highest BCUT2D eigenvalue weighted by Crippen LogP contribution is 2.17. The Hall–Kier alpha value is -7.91. The van der Waals surface area contributed by atoms with Crippen molar-refractivity contribution in [1.82, 2.24) is 44.9 Å². The summed E-state index contributed by atoms with van der Waals surface area (Å²) < 4.78 is 0. The number of rotatable bonds is 0. The molecule has 0 amide bonds. The standard InChI is InChI=1S/3C9H7N.C8H6N2.C8H10N2.C8H6N2.6C4H10.4CH4/c3*1-2-6-9-8(4-1)5-3-7-10-9;1-3-7-8(9-5-1)4-2-6-10-7;2*1-2-4-8-7(3-1)5-9-6-10-8;6*1-4(2)3;;;;/h3*1-7H;1-6H;5-6H,1-4H2;1-6H;6*4H,1-3H3;4*1H4. The molecule has 7 heterocycles. The van der Waals surface area contributed by atoms with Gasteiger partial charge in [0.1, 0.15) is 12.7 Å². The first-order chi connectivity index (χ1) is 40.2. The lowest BCUT2D eigenvalue weighted by Gasteiger charge is -2.11. The number of pyridine rings is 5. The van der Waals surface area contributed by atoms with E-state index in [2.05, 4.69) is 206 Å². The summed E-state index contributed by atoms with van der Waals surface area (Å²) >= 11 is 0. The van der Waals surface area contributed by atoms with E-state index < -0.39 is 0 Å². The molecule has 12 rings (SSSR count). The first kappa shape index (κ1) is 86.5. The maximum Gasteiger partial charge on any atom is 0.116 e. The minimum absolute atomic E-state index is 0. The van der Waals surface area contributed by atoms with E-state index in [0.29, 0.717) is 0 Å². The summed E-state index contributed by atoms with van der Waals surface area (Å²) in [5, 5.41) is 4.69. The SMILES string of the molecule is C.C.C.C.CC(C)C.CC(C)C.CC(C)C.CC(C)C.CC(C)C.CC(C)C.c1ccc2ncccc2c1.c1ccc2ncccc2c1.c1ccc2ncccc2c1.c1ccc2ncncc2c1.c1cnc2cccnc2c1.c1ncc2c(n1)CCCC2. The van der Waals surface area contributed by atoms with E-state index >= 15 is 0 Å². The van der Waals surface area contributed by atoms with E-state index in [-0.39, 0.29) is 29.7 Å². The summed E-state index contributed by atoms with van der Waals surface area (Å²) in [4.78, 5) is 36.9. The van der Waals surface area contributed by atoms with E-state index in [1.54, 1.807) is 25.0 Å². The van der Waals surface area contributed by atoms with Gasteiger partial charge in [0.25, 0.3) is 0 Å². The Balaban J connectivity index is -0.000000445. The van der Waals surface area contributed by atoms with E-state index in [4.69, 9.17) is 0 Å². The van der Waals surface area contributed by atoms with Crippen LogP contribution >= 0.6 is 0 Å². The molecule has 7 aromatic heterocycles. The van der Waals surface area contributed by atoms with Crippen LogP contribution < -0.4 is 0 Å². The molecule has 9 nitrogen and oxygen atoms in total. The quantitative estimate of drug-likeness (QED) is 0.146. The highest BCUT2D eigenvalue weighted by molar-refractivity contribution is 5.79. The van der Waals surface area contributed by atoms with Gasteiger partial charge in [0.2, 0.25) is 0 Å². The molecule has 0 unspecified atom stereocenters. The van der Waals surface area contributed by atoms with Gasteiger partial charge in [0, 0.05) is 70.6 Å². The lowest BCUT2D eigenvalue weighted by Crippen LogP contribution is -2.04. The van der Waals surface area contributed by atoms with Crippen LogP contribution in [0.4, 0.5) is 0 Å². The minimum atomic E-state index is 0. The van der Waals surface area contributed by atoms with E-state index in [9.17, 15) is 0 Å². The van der Waals surface area contributed by atoms with Gasteiger partial charge in [-0.15, -0.1) is 0 Å². The van der Waals surface area contributed by atoms with Crippen molar-refractivity contribution in [3.63, 3.8) is 0 Å². The summed E-state index contributed by atoms with van der Waals surface area (Å²) in [6.07, 6.45) is 20.8. The Morgan fingerprint density at radius 1 is 0.250 bits per heavy atom. The third-order valence-corrected chi connectivity index (χ3v) is 9.31. The first-order valence-electron chi connectivity index (χ1n) is 30.2. The van der Waals surface area contributed by atoms with Crippen molar-refractivity contribution in [2.45, 2.75) is 180 Å². The third kappa shape index (κ3) is 46.3. The molecule has 0 radical (unpaired) electrons. The van der Waals surface area contributed by atoms with Gasteiger partial charge in [-0.25, -0.2) is 19.9 Å². The molecule has 88 heavy (non-hydrogen) atoms. The summed E-state index contributed by atoms with van der Waals surface area (Å²) in [7, 11) is 0. The van der Waals surface area contributed by atoms with Gasteiger partial charge in [0.15, 0.2) is 0 Å². The average molecular weight is 1190 g/mol. The average Bonchev–Trinajstić information content (AvgIpc) is 3.55. The van der Waals surface area contributed by atoms with Crippen LogP contribution in [0.5, 0.6) is 0 Å². The lowest BCUT2D eigenvalue weighted by molar-refractivity contribution is 0.662. The van der Waals surface area contributed by atoms with Gasteiger partial charge in [-0.2, -0.15) is 0 Å². The second kappa shape index (κ2) is 54.5. The van der Waals surface area contributed by atoms with Crippen molar-refractivity contribution in [2.75, 3.05) is 0 Å². The second-order valence-corrected chi connectivity index (χ2v) is 23.8. The molecule has 1 aliphatic carbocycles. The van der Waals surface area contributed by atoms with Gasteiger partial charge < -0.3 is 0 Å². The molecule has 0 atom stereocenters. The Morgan fingerprint density at radius 2 is 0.489 bits per heavy atom. The largest absolute Gasteiger partial charge is 0.256 e. The van der Waals surface area contributed by atoms with Crippen molar-refractivity contribution in [2.24, 2.45) is 35.5 Å². The Morgan fingerprint density at radius 3 is 0.807 bits per heavy atom. The Kier molecular flexibility index (Phi) is 53.6. The molecule has 0 fully saturated rings. The zero-order valence-electron chi connectivity index (χ0n) is 54.5. The molecule has 0 spiro atoms. The molecular weight excluding hydrogens is 1070 g/mol. The third-order valence-electron chi connectivity index (χ3n) is 9.31. The molecule has 0 N–H and O–H groups in total. The molecule has 480 valence electrons. The molecule has 0 saturated carbocycles. The highest BCUT2D eigenvalue weighted by atomic mass is 14.8. The summed E-state index contributed by atoms with van der Waals surface area (Å²) in [6, 6.07) is 51.8. The van der Waals surface area contributed by atoms with E-state index in [1.807, 2.05) is 152 Å². The molecule has 0 aliphatic heterocycles. The molecule has 0 saturated heterocycles. The zero-order chi connectivity index (χ0) is 62.3. The number of aryl methyl sites for hydroxylation is 2.